The molecule has 0 spiro atoms. The van der Waals surface area contributed by atoms with Crippen molar-refractivity contribution in [2.45, 2.75) is 12.6 Å². The van der Waals surface area contributed by atoms with Crippen LogP contribution in [0.25, 0.3) is 0 Å². The van der Waals surface area contributed by atoms with E-state index in [4.69, 9.17) is 11.6 Å². The zero-order valence-electron chi connectivity index (χ0n) is 9.57. The first kappa shape index (κ1) is 13.5. The van der Waals surface area contributed by atoms with Gasteiger partial charge < -0.3 is 10.4 Å². The predicted molar refractivity (Wildman–Crippen MR) is 72.4 cm³/mol. The molecule has 0 bridgehead atoms. The third kappa shape index (κ3) is 3.29. The Labute approximate surface area is 114 Å². The third-order valence-electron chi connectivity index (χ3n) is 2.61. The summed E-state index contributed by atoms with van der Waals surface area (Å²) < 4.78 is 13.2. The summed E-state index contributed by atoms with van der Waals surface area (Å²) in [5.41, 5.74) is 1.58. The molecular weight excluding hydrogens is 273 g/mol. The van der Waals surface area contributed by atoms with Gasteiger partial charge >= 0.3 is 0 Å². The standard InChI is InChI=1S/C13H13ClFNOS/c14-13-9(2-1-3-11(13)15)6-16-7-12(17)10-4-5-18-8-10/h1-5,8,12,16-17H,6-7H2. The molecule has 0 fully saturated rings. The van der Waals surface area contributed by atoms with E-state index >= 15 is 0 Å². The maximum atomic E-state index is 13.2. The van der Waals surface area contributed by atoms with Crippen LogP contribution in [0.15, 0.2) is 35.0 Å². The second-order valence-corrected chi connectivity index (χ2v) is 5.07. The van der Waals surface area contributed by atoms with Crippen LogP contribution in [0.2, 0.25) is 5.02 Å². The van der Waals surface area contributed by atoms with Crippen molar-refractivity contribution >= 4 is 22.9 Å². The van der Waals surface area contributed by atoms with E-state index in [-0.39, 0.29) is 5.02 Å². The van der Waals surface area contributed by atoms with E-state index in [1.807, 2.05) is 16.8 Å². The van der Waals surface area contributed by atoms with Crippen molar-refractivity contribution in [2.75, 3.05) is 6.54 Å². The highest BCUT2D eigenvalue weighted by molar-refractivity contribution is 7.07. The SMILES string of the molecule is OC(CNCc1cccc(F)c1Cl)c1ccsc1. The molecule has 0 radical (unpaired) electrons. The number of hydrogen-bond donors (Lipinski definition) is 2. The van der Waals surface area contributed by atoms with Crippen molar-refractivity contribution in [1.82, 2.24) is 5.32 Å². The smallest absolute Gasteiger partial charge is 0.142 e. The summed E-state index contributed by atoms with van der Waals surface area (Å²) >= 11 is 7.38. The van der Waals surface area contributed by atoms with Crippen LogP contribution in [0.5, 0.6) is 0 Å². The van der Waals surface area contributed by atoms with Crippen LogP contribution in [-0.4, -0.2) is 11.7 Å². The largest absolute Gasteiger partial charge is 0.387 e. The summed E-state index contributed by atoms with van der Waals surface area (Å²) in [7, 11) is 0. The Morgan fingerprint density at radius 2 is 2.22 bits per heavy atom. The molecule has 0 saturated heterocycles. The fraction of sp³-hybridized carbons (Fsp3) is 0.231. The Morgan fingerprint density at radius 3 is 2.94 bits per heavy atom. The van der Waals surface area contributed by atoms with Crippen LogP contribution in [0.1, 0.15) is 17.2 Å². The van der Waals surface area contributed by atoms with E-state index in [1.54, 1.807) is 23.5 Å². The number of halogens is 2. The van der Waals surface area contributed by atoms with Crippen LogP contribution >= 0.6 is 22.9 Å². The molecule has 0 amide bonds. The lowest BCUT2D eigenvalue weighted by atomic mass is 10.2. The summed E-state index contributed by atoms with van der Waals surface area (Å²) in [5, 5.41) is 16.9. The molecule has 2 nitrogen and oxygen atoms in total. The number of hydrogen-bond acceptors (Lipinski definition) is 3. The van der Waals surface area contributed by atoms with Gasteiger partial charge in [0.05, 0.1) is 11.1 Å². The van der Waals surface area contributed by atoms with Gasteiger partial charge in [0.1, 0.15) is 5.82 Å². The van der Waals surface area contributed by atoms with Gasteiger partial charge in [-0.1, -0.05) is 23.7 Å². The molecule has 1 unspecified atom stereocenters. The molecule has 2 aromatic rings. The highest BCUT2D eigenvalue weighted by Gasteiger charge is 2.09. The van der Waals surface area contributed by atoms with Crippen LogP contribution in [0.4, 0.5) is 4.39 Å². The first-order chi connectivity index (χ1) is 8.68. The lowest BCUT2D eigenvalue weighted by Gasteiger charge is -2.11. The monoisotopic (exact) mass is 285 g/mol. The molecule has 2 N–H and O–H groups in total. The molecule has 0 saturated carbocycles. The van der Waals surface area contributed by atoms with Crippen LogP contribution in [0, 0.1) is 5.82 Å². The van der Waals surface area contributed by atoms with E-state index in [9.17, 15) is 9.50 Å². The van der Waals surface area contributed by atoms with E-state index in [2.05, 4.69) is 5.32 Å². The predicted octanol–water partition coefficient (Wildman–Crippen LogP) is 3.36. The molecule has 96 valence electrons. The summed E-state index contributed by atoms with van der Waals surface area (Å²) in [6, 6.07) is 6.58. The van der Waals surface area contributed by atoms with E-state index in [0.717, 1.165) is 5.56 Å². The number of benzene rings is 1. The fourth-order valence-corrected chi connectivity index (χ4v) is 2.51. The van der Waals surface area contributed by atoms with E-state index < -0.39 is 11.9 Å². The van der Waals surface area contributed by atoms with Gasteiger partial charge in [-0.2, -0.15) is 11.3 Å². The van der Waals surface area contributed by atoms with Gasteiger partial charge in [-0.3, -0.25) is 0 Å². The summed E-state index contributed by atoms with van der Waals surface area (Å²) in [6.07, 6.45) is -0.552. The average molecular weight is 286 g/mol. The van der Waals surface area contributed by atoms with E-state index in [1.165, 1.54) is 6.07 Å². The zero-order chi connectivity index (χ0) is 13.0. The van der Waals surface area contributed by atoms with Crippen LogP contribution in [0.3, 0.4) is 0 Å². The minimum Gasteiger partial charge on any atom is -0.387 e. The first-order valence-electron chi connectivity index (χ1n) is 5.52. The molecular formula is C13H13ClFNOS. The van der Waals surface area contributed by atoms with Crippen LogP contribution in [-0.2, 0) is 6.54 Å². The van der Waals surface area contributed by atoms with Crippen LogP contribution < -0.4 is 5.32 Å². The Hall–Kier alpha value is -0.940. The Bertz CT molecular complexity index is 504. The van der Waals surface area contributed by atoms with Crippen molar-refractivity contribution in [1.29, 1.82) is 0 Å². The topological polar surface area (TPSA) is 32.3 Å². The number of rotatable bonds is 5. The minimum absolute atomic E-state index is 0.134. The zero-order valence-corrected chi connectivity index (χ0v) is 11.1. The normalized spacial score (nSPS) is 12.6. The lowest BCUT2D eigenvalue weighted by Crippen LogP contribution is -2.21. The van der Waals surface area contributed by atoms with Crippen molar-refractivity contribution in [3.63, 3.8) is 0 Å². The molecule has 1 aromatic carbocycles. The summed E-state index contributed by atoms with van der Waals surface area (Å²) in [5.74, 6) is -0.422. The lowest BCUT2D eigenvalue weighted by molar-refractivity contribution is 0.175. The van der Waals surface area contributed by atoms with Crippen molar-refractivity contribution in [2.24, 2.45) is 0 Å². The fourth-order valence-electron chi connectivity index (χ4n) is 1.61. The van der Waals surface area contributed by atoms with Gasteiger partial charge in [0, 0.05) is 13.1 Å². The molecule has 0 aliphatic carbocycles. The van der Waals surface area contributed by atoms with Crippen molar-refractivity contribution in [3.8, 4) is 0 Å². The molecule has 2 rings (SSSR count). The highest BCUT2D eigenvalue weighted by atomic mass is 35.5. The van der Waals surface area contributed by atoms with Gasteiger partial charge in [-0.05, 0) is 34.0 Å². The quantitative estimate of drug-likeness (QED) is 0.883. The molecule has 18 heavy (non-hydrogen) atoms. The molecule has 0 aliphatic heterocycles. The number of thiophene rings is 1. The summed E-state index contributed by atoms with van der Waals surface area (Å²) in [6.45, 7) is 0.835. The Balaban J connectivity index is 1.87. The minimum atomic E-state index is -0.552. The molecule has 1 atom stereocenters. The van der Waals surface area contributed by atoms with Gasteiger partial charge in [0.25, 0.3) is 0 Å². The number of nitrogens with one attached hydrogen (secondary N) is 1. The Morgan fingerprint density at radius 1 is 1.39 bits per heavy atom. The second kappa shape index (κ2) is 6.29. The maximum Gasteiger partial charge on any atom is 0.142 e. The van der Waals surface area contributed by atoms with Gasteiger partial charge in [0.15, 0.2) is 0 Å². The van der Waals surface area contributed by atoms with Gasteiger partial charge in [0.2, 0.25) is 0 Å². The number of aliphatic hydroxyl groups excluding tert-OH is 1. The third-order valence-corrected chi connectivity index (χ3v) is 3.74. The molecule has 1 aromatic heterocycles. The van der Waals surface area contributed by atoms with E-state index in [0.29, 0.717) is 18.7 Å². The molecule has 1 heterocycles. The molecule has 5 heteroatoms. The average Bonchev–Trinajstić information content (AvgIpc) is 2.88. The summed E-state index contributed by atoms with van der Waals surface area (Å²) in [4.78, 5) is 0. The number of aliphatic hydroxyl groups is 1. The highest BCUT2D eigenvalue weighted by Crippen LogP contribution is 2.20. The second-order valence-electron chi connectivity index (χ2n) is 3.92. The Kier molecular flexibility index (Phi) is 4.72. The van der Waals surface area contributed by atoms with Gasteiger partial charge in [-0.25, -0.2) is 4.39 Å². The van der Waals surface area contributed by atoms with Crippen molar-refractivity contribution in [3.05, 3.63) is 57.0 Å². The van der Waals surface area contributed by atoms with Crippen molar-refractivity contribution < 1.29 is 9.50 Å². The first-order valence-corrected chi connectivity index (χ1v) is 6.84. The molecule has 0 aliphatic rings. The maximum absolute atomic E-state index is 13.2. The van der Waals surface area contributed by atoms with Gasteiger partial charge in [-0.15, -0.1) is 0 Å².